The highest BCUT2D eigenvalue weighted by Gasteiger charge is 2.14. The zero-order chi connectivity index (χ0) is 13.2. The molecule has 2 nitrogen and oxygen atoms in total. The van der Waals surface area contributed by atoms with Gasteiger partial charge in [-0.3, -0.25) is 4.90 Å². The summed E-state index contributed by atoms with van der Waals surface area (Å²) in [5, 5.41) is 1.40. The lowest BCUT2D eigenvalue weighted by Gasteiger charge is -2.26. The first-order valence-corrected chi connectivity index (χ1v) is 7.59. The Bertz CT molecular complexity index is 562. The quantitative estimate of drug-likeness (QED) is 0.807. The largest absolute Gasteiger partial charge is 0.344 e. The number of hydrogen-bond acceptors (Lipinski definition) is 1. The van der Waals surface area contributed by atoms with Crippen LogP contribution in [0.1, 0.15) is 37.4 Å². The Labute approximate surface area is 116 Å². The SMILES string of the molecule is CCn1c(CN2CCCCC2)cc2cc(C)ccc21. The number of rotatable bonds is 3. The molecule has 1 aliphatic rings. The Morgan fingerprint density at radius 3 is 2.58 bits per heavy atom. The second-order valence-corrected chi connectivity index (χ2v) is 5.78. The van der Waals surface area contributed by atoms with Crippen LogP contribution in [0.4, 0.5) is 0 Å². The molecule has 2 heterocycles. The van der Waals surface area contributed by atoms with E-state index in [1.807, 2.05) is 0 Å². The molecule has 0 amide bonds. The number of benzene rings is 1. The summed E-state index contributed by atoms with van der Waals surface area (Å²) >= 11 is 0. The van der Waals surface area contributed by atoms with E-state index in [0.717, 1.165) is 13.1 Å². The van der Waals surface area contributed by atoms with E-state index in [9.17, 15) is 0 Å². The summed E-state index contributed by atoms with van der Waals surface area (Å²) in [5.41, 5.74) is 4.22. The van der Waals surface area contributed by atoms with Crippen LogP contribution in [0.25, 0.3) is 10.9 Å². The van der Waals surface area contributed by atoms with Crippen LogP contribution in [0.2, 0.25) is 0 Å². The number of nitrogens with zero attached hydrogens (tertiary/aromatic N) is 2. The van der Waals surface area contributed by atoms with Gasteiger partial charge in [-0.1, -0.05) is 18.1 Å². The van der Waals surface area contributed by atoms with Gasteiger partial charge < -0.3 is 4.57 Å². The standard InChI is InChI=1S/C17H24N2/c1-3-19-16(13-18-9-5-4-6-10-18)12-15-11-14(2)7-8-17(15)19/h7-8,11-12H,3-6,9-10,13H2,1-2H3. The third-order valence-corrected chi connectivity index (χ3v) is 4.29. The van der Waals surface area contributed by atoms with E-state index in [1.54, 1.807) is 0 Å². The van der Waals surface area contributed by atoms with Crippen molar-refractivity contribution in [2.45, 2.75) is 46.2 Å². The number of fused-ring (bicyclic) bond motifs is 1. The molecule has 1 saturated heterocycles. The molecule has 0 saturated carbocycles. The van der Waals surface area contributed by atoms with E-state index in [4.69, 9.17) is 0 Å². The summed E-state index contributed by atoms with van der Waals surface area (Å²) in [5.74, 6) is 0. The average molecular weight is 256 g/mol. The molecular formula is C17H24N2. The summed E-state index contributed by atoms with van der Waals surface area (Å²) in [7, 11) is 0. The second kappa shape index (κ2) is 5.38. The van der Waals surface area contributed by atoms with E-state index in [1.165, 1.54) is 54.5 Å². The topological polar surface area (TPSA) is 8.17 Å². The highest BCUT2D eigenvalue weighted by Crippen LogP contribution is 2.23. The molecule has 0 radical (unpaired) electrons. The molecule has 2 aromatic rings. The molecule has 19 heavy (non-hydrogen) atoms. The lowest BCUT2D eigenvalue weighted by atomic mass is 10.1. The van der Waals surface area contributed by atoms with Crippen molar-refractivity contribution >= 4 is 10.9 Å². The number of aromatic nitrogens is 1. The third kappa shape index (κ3) is 2.55. The van der Waals surface area contributed by atoms with Crippen molar-refractivity contribution in [2.75, 3.05) is 13.1 Å². The molecule has 0 aliphatic carbocycles. The van der Waals surface area contributed by atoms with Gasteiger partial charge in [-0.05, 0) is 58.0 Å². The van der Waals surface area contributed by atoms with Crippen LogP contribution in [0.3, 0.4) is 0 Å². The highest BCUT2D eigenvalue weighted by molar-refractivity contribution is 5.82. The molecule has 1 fully saturated rings. The molecule has 1 aromatic carbocycles. The van der Waals surface area contributed by atoms with E-state index < -0.39 is 0 Å². The van der Waals surface area contributed by atoms with E-state index in [2.05, 4.69) is 47.6 Å². The Morgan fingerprint density at radius 2 is 1.84 bits per heavy atom. The second-order valence-electron chi connectivity index (χ2n) is 5.78. The minimum atomic E-state index is 1.07. The molecule has 3 rings (SSSR count). The summed E-state index contributed by atoms with van der Waals surface area (Å²) in [6.07, 6.45) is 4.14. The van der Waals surface area contributed by atoms with Crippen LogP contribution in [0.15, 0.2) is 24.3 Å². The Morgan fingerprint density at radius 1 is 1.05 bits per heavy atom. The van der Waals surface area contributed by atoms with Crippen LogP contribution < -0.4 is 0 Å². The van der Waals surface area contributed by atoms with Gasteiger partial charge in [-0.15, -0.1) is 0 Å². The first-order valence-electron chi connectivity index (χ1n) is 7.59. The Kier molecular flexibility index (Phi) is 3.61. The van der Waals surface area contributed by atoms with Gasteiger partial charge in [0.25, 0.3) is 0 Å². The van der Waals surface area contributed by atoms with Crippen LogP contribution in [0.5, 0.6) is 0 Å². The summed E-state index contributed by atoms with van der Waals surface area (Å²) in [4.78, 5) is 2.61. The number of hydrogen-bond donors (Lipinski definition) is 0. The molecule has 1 aromatic heterocycles. The molecular weight excluding hydrogens is 232 g/mol. The lowest BCUT2D eigenvalue weighted by Crippen LogP contribution is -2.29. The normalized spacial score (nSPS) is 17.2. The number of aryl methyl sites for hydroxylation is 2. The molecule has 102 valence electrons. The molecule has 1 aliphatic heterocycles. The molecule has 0 spiro atoms. The fourth-order valence-electron chi connectivity index (χ4n) is 3.30. The zero-order valence-electron chi connectivity index (χ0n) is 12.2. The fourth-order valence-corrected chi connectivity index (χ4v) is 3.30. The molecule has 0 unspecified atom stereocenters. The van der Waals surface area contributed by atoms with Gasteiger partial charge in [-0.25, -0.2) is 0 Å². The monoisotopic (exact) mass is 256 g/mol. The van der Waals surface area contributed by atoms with E-state index in [0.29, 0.717) is 0 Å². The third-order valence-electron chi connectivity index (χ3n) is 4.29. The first-order chi connectivity index (χ1) is 9.28. The molecule has 0 bridgehead atoms. The number of likely N-dealkylation sites (tertiary alicyclic amines) is 1. The Balaban J connectivity index is 1.93. The summed E-state index contributed by atoms with van der Waals surface area (Å²) in [6, 6.07) is 9.19. The highest BCUT2D eigenvalue weighted by atomic mass is 15.1. The predicted molar refractivity (Wildman–Crippen MR) is 81.5 cm³/mol. The van der Waals surface area contributed by atoms with Gasteiger partial charge in [0, 0.05) is 29.7 Å². The summed E-state index contributed by atoms with van der Waals surface area (Å²) in [6.45, 7) is 9.14. The van der Waals surface area contributed by atoms with Crippen molar-refractivity contribution in [3.8, 4) is 0 Å². The van der Waals surface area contributed by atoms with Gasteiger partial charge in [0.1, 0.15) is 0 Å². The van der Waals surface area contributed by atoms with Crippen molar-refractivity contribution in [1.82, 2.24) is 9.47 Å². The molecule has 2 heteroatoms. The first kappa shape index (κ1) is 12.7. The molecule has 0 N–H and O–H groups in total. The van der Waals surface area contributed by atoms with Crippen LogP contribution in [-0.2, 0) is 13.1 Å². The smallest absolute Gasteiger partial charge is 0.0483 e. The maximum absolute atomic E-state index is 2.61. The fraction of sp³-hybridized carbons (Fsp3) is 0.529. The van der Waals surface area contributed by atoms with E-state index in [-0.39, 0.29) is 0 Å². The Hall–Kier alpha value is -1.28. The van der Waals surface area contributed by atoms with Crippen LogP contribution in [0, 0.1) is 6.92 Å². The van der Waals surface area contributed by atoms with Crippen LogP contribution in [-0.4, -0.2) is 22.6 Å². The van der Waals surface area contributed by atoms with Gasteiger partial charge in [-0.2, -0.15) is 0 Å². The minimum Gasteiger partial charge on any atom is -0.344 e. The minimum absolute atomic E-state index is 1.07. The number of piperidine rings is 1. The van der Waals surface area contributed by atoms with Crippen molar-refractivity contribution < 1.29 is 0 Å². The van der Waals surface area contributed by atoms with Gasteiger partial charge in [0.2, 0.25) is 0 Å². The van der Waals surface area contributed by atoms with Gasteiger partial charge in [0.05, 0.1) is 0 Å². The van der Waals surface area contributed by atoms with Gasteiger partial charge in [0.15, 0.2) is 0 Å². The summed E-state index contributed by atoms with van der Waals surface area (Å²) < 4.78 is 2.48. The van der Waals surface area contributed by atoms with Crippen molar-refractivity contribution in [2.24, 2.45) is 0 Å². The zero-order valence-corrected chi connectivity index (χ0v) is 12.2. The van der Waals surface area contributed by atoms with Crippen molar-refractivity contribution in [3.05, 3.63) is 35.5 Å². The van der Waals surface area contributed by atoms with Crippen LogP contribution >= 0.6 is 0 Å². The van der Waals surface area contributed by atoms with E-state index >= 15 is 0 Å². The molecule has 0 atom stereocenters. The van der Waals surface area contributed by atoms with Crippen molar-refractivity contribution in [3.63, 3.8) is 0 Å². The average Bonchev–Trinajstić information content (AvgIpc) is 2.76. The lowest BCUT2D eigenvalue weighted by molar-refractivity contribution is 0.216. The maximum atomic E-state index is 2.61. The van der Waals surface area contributed by atoms with Gasteiger partial charge >= 0.3 is 0 Å². The predicted octanol–water partition coefficient (Wildman–Crippen LogP) is 3.96. The van der Waals surface area contributed by atoms with Crippen molar-refractivity contribution in [1.29, 1.82) is 0 Å². The maximum Gasteiger partial charge on any atom is 0.0483 e.